The van der Waals surface area contributed by atoms with Crippen LogP contribution in [-0.2, 0) is 0 Å². The molecule has 0 fully saturated rings. The van der Waals surface area contributed by atoms with E-state index >= 15 is 0 Å². The maximum absolute atomic E-state index is 13.6. The second kappa shape index (κ2) is 6.09. The lowest BCUT2D eigenvalue weighted by atomic mass is 10.1. The average molecular weight is 357 g/mol. The van der Waals surface area contributed by atoms with Gasteiger partial charge in [-0.05, 0) is 42.8 Å². The van der Waals surface area contributed by atoms with Gasteiger partial charge in [-0.3, -0.25) is 0 Å². The van der Waals surface area contributed by atoms with Gasteiger partial charge in [-0.1, -0.05) is 21.1 Å². The van der Waals surface area contributed by atoms with Gasteiger partial charge in [0.25, 0.3) is 0 Å². The zero-order chi connectivity index (χ0) is 15.6. The Kier molecular flexibility index (Phi) is 4.42. The highest BCUT2D eigenvalue weighted by molar-refractivity contribution is 9.10. The molecule has 0 heterocycles. The molecule has 0 amide bonds. The molecule has 7 heteroatoms. The molecule has 21 heavy (non-hydrogen) atoms. The molecule has 0 aliphatic rings. The molecule has 0 unspecified atom stereocenters. The van der Waals surface area contributed by atoms with E-state index in [1.165, 1.54) is 12.1 Å². The molecular weight excluding hydrogens is 346 g/mol. The van der Waals surface area contributed by atoms with Crippen molar-refractivity contribution in [1.82, 2.24) is 0 Å². The SMILES string of the molecule is Cc1cc(Oc2cc(Br)cc(F)c2F)ccc1/C(N)=N/O. The molecule has 2 aromatic rings. The van der Waals surface area contributed by atoms with Gasteiger partial charge in [-0.2, -0.15) is 4.39 Å². The summed E-state index contributed by atoms with van der Waals surface area (Å²) >= 11 is 3.07. The van der Waals surface area contributed by atoms with Crippen molar-refractivity contribution in [2.75, 3.05) is 0 Å². The molecule has 110 valence electrons. The summed E-state index contributed by atoms with van der Waals surface area (Å²) in [5, 5.41) is 11.6. The normalized spacial score (nSPS) is 11.5. The molecular formula is C14H11BrF2N2O2. The average Bonchev–Trinajstić information content (AvgIpc) is 2.43. The van der Waals surface area contributed by atoms with Crippen molar-refractivity contribution in [2.45, 2.75) is 6.92 Å². The van der Waals surface area contributed by atoms with Gasteiger partial charge in [0.2, 0.25) is 5.82 Å². The second-order valence-corrected chi connectivity index (χ2v) is 5.18. The summed E-state index contributed by atoms with van der Waals surface area (Å²) in [6.07, 6.45) is 0. The van der Waals surface area contributed by atoms with E-state index in [0.29, 0.717) is 21.3 Å². The van der Waals surface area contributed by atoms with Crippen molar-refractivity contribution in [3.8, 4) is 11.5 Å². The Balaban J connectivity index is 2.35. The van der Waals surface area contributed by atoms with Crippen LogP contribution in [0.5, 0.6) is 11.5 Å². The van der Waals surface area contributed by atoms with Gasteiger partial charge in [-0.25, -0.2) is 4.39 Å². The van der Waals surface area contributed by atoms with Crippen LogP contribution in [0.3, 0.4) is 0 Å². The lowest BCUT2D eigenvalue weighted by molar-refractivity contribution is 0.318. The Morgan fingerprint density at radius 1 is 1.29 bits per heavy atom. The van der Waals surface area contributed by atoms with Crippen LogP contribution in [0.25, 0.3) is 0 Å². The molecule has 0 atom stereocenters. The molecule has 2 rings (SSSR count). The first kappa shape index (κ1) is 15.2. The minimum atomic E-state index is -1.07. The van der Waals surface area contributed by atoms with Gasteiger partial charge in [0, 0.05) is 10.0 Å². The van der Waals surface area contributed by atoms with E-state index in [4.69, 9.17) is 15.7 Å². The first-order valence-electron chi connectivity index (χ1n) is 5.83. The van der Waals surface area contributed by atoms with E-state index in [9.17, 15) is 8.78 Å². The summed E-state index contributed by atoms with van der Waals surface area (Å²) in [7, 11) is 0. The Hall–Kier alpha value is -2.15. The first-order valence-corrected chi connectivity index (χ1v) is 6.62. The quantitative estimate of drug-likeness (QED) is 0.288. The Morgan fingerprint density at radius 3 is 2.62 bits per heavy atom. The Labute approximate surface area is 128 Å². The molecule has 0 saturated carbocycles. The number of ether oxygens (including phenoxy) is 1. The number of rotatable bonds is 3. The third-order valence-corrected chi connectivity index (χ3v) is 3.23. The standard InChI is InChI=1S/C14H11BrF2N2O2/c1-7-4-9(2-3-10(7)14(18)19-20)21-12-6-8(15)5-11(16)13(12)17/h2-6,20H,1H3,(H2,18,19). The molecule has 0 bridgehead atoms. The number of nitrogens with two attached hydrogens (primary N) is 1. The third kappa shape index (κ3) is 3.30. The van der Waals surface area contributed by atoms with Crippen LogP contribution in [-0.4, -0.2) is 11.0 Å². The highest BCUT2D eigenvalue weighted by Crippen LogP contribution is 2.30. The molecule has 0 radical (unpaired) electrons. The van der Waals surface area contributed by atoms with Crippen LogP contribution in [0.2, 0.25) is 0 Å². The molecule has 0 aromatic heterocycles. The zero-order valence-electron chi connectivity index (χ0n) is 10.9. The number of aryl methyl sites for hydroxylation is 1. The van der Waals surface area contributed by atoms with Crippen LogP contribution in [0.15, 0.2) is 40.0 Å². The monoisotopic (exact) mass is 356 g/mol. The lowest BCUT2D eigenvalue weighted by Crippen LogP contribution is -2.14. The fourth-order valence-electron chi connectivity index (χ4n) is 1.77. The molecule has 0 saturated heterocycles. The fourth-order valence-corrected chi connectivity index (χ4v) is 2.18. The number of benzene rings is 2. The van der Waals surface area contributed by atoms with Crippen LogP contribution < -0.4 is 10.5 Å². The zero-order valence-corrected chi connectivity index (χ0v) is 12.5. The van der Waals surface area contributed by atoms with Crippen molar-refractivity contribution in [2.24, 2.45) is 10.9 Å². The number of amidine groups is 1. The minimum absolute atomic E-state index is 0.0428. The van der Waals surface area contributed by atoms with E-state index in [1.54, 1.807) is 19.1 Å². The third-order valence-electron chi connectivity index (χ3n) is 2.77. The van der Waals surface area contributed by atoms with Crippen molar-refractivity contribution in [1.29, 1.82) is 0 Å². The minimum Gasteiger partial charge on any atom is -0.454 e. The predicted octanol–water partition coefficient (Wildman–Crippen LogP) is 3.92. The smallest absolute Gasteiger partial charge is 0.201 e. The topological polar surface area (TPSA) is 67.8 Å². The van der Waals surface area contributed by atoms with Gasteiger partial charge in [0.1, 0.15) is 5.75 Å². The van der Waals surface area contributed by atoms with Gasteiger partial charge in [0.15, 0.2) is 17.4 Å². The fraction of sp³-hybridized carbons (Fsp3) is 0.0714. The number of nitrogens with zero attached hydrogens (tertiary/aromatic N) is 1. The molecule has 0 aliphatic heterocycles. The number of halogens is 3. The largest absolute Gasteiger partial charge is 0.454 e. The van der Waals surface area contributed by atoms with Gasteiger partial charge in [0.05, 0.1) is 0 Å². The van der Waals surface area contributed by atoms with E-state index in [0.717, 1.165) is 6.07 Å². The number of hydrogen-bond acceptors (Lipinski definition) is 3. The summed E-state index contributed by atoms with van der Waals surface area (Å²) in [5.74, 6) is -2.06. The highest BCUT2D eigenvalue weighted by Gasteiger charge is 2.13. The summed E-state index contributed by atoms with van der Waals surface area (Å²) in [5.41, 5.74) is 6.69. The molecule has 0 spiro atoms. The van der Waals surface area contributed by atoms with Crippen molar-refractivity contribution in [3.63, 3.8) is 0 Å². The van der Waals surface area contributed by atoms with Crippen LogP contribution in [0.1, 0.15) is 11.1 Å². The summed E-state index contributed by atoms with van der Waals surface area (Å²) in [4.78, 5) is 0. The summed E-state index contributed by atoms with van der Waals surface area (Å²) < 4.78 is 32.6. The number of oxime groups is 1. The molecule has 3 N–H and O–H groups in total. The van der Waals surface area contributed by atoms with Gasteiger partial charge >= 0.3 is 0 Å². The van der Waals surface area contributed by atoms with Crippen LogP contribution in [0, 0.1) is 18.6 Å². The van der Waals surface area contributed by atoms with Crippen molar-refractivity contribution < 1.29 is 18.7 Å². The first-order chi connectivity index (χ1) is 9.92. The van der Waals surface area contributed by atoms with Crippen molar-refractivity contribution >= 4 is 21.8 Å². The van der Waals surface area contributed by atoms with E-state index in [1.807, 2.05) is 0 Å². The Morgan fingerprint density at radius 2 is 2.00 bits per heavy atom. The van der Waals surface area contributed by atoms with Gasteiger partial charge in [-0.15, -0.1) is 0 Å². The maximum Gasteiger partial charge on any atom is 0.201 e. The molecule has 2 aromatic carbocycles. The lowest BCUT2D eigenvalue weighted by Gasteiger charge is -2.10. The van der Waals surface area contributed by atoms with Gasteiger partial charge < -0.3 is 15.7 Å². The highest BCUT2D eigenvalue weighted by atomic mass is 79.9. The van der Waals surface area contributed by atoms with Crippen molar-refractivity contribution in [3.05, 3.63) is 57.6 Å². The predicted molar refractivity (Wildman–Crippen MR) is 77.8 cm³/mol. The van der Waals surface area contributed by atoms with E-state index in [-0.39, 0.29) is 11.6 Å². The molecule has 4 nitrogen and oxygen atoms in total. The molecule has 0 aliphatic carbocycles. The van der Waals surface area contributed by atoms with Crippen LogP contribution in [0.4, 0.5) is 8.78 Å². The Bertz CT molecular complexity index is 720. The number of hydrogen-bond donors (Lipinski definition) is 2. The maximum atomic E-state index is 13.6. The van der Waals surface area contributed by atoms with E-state index in [2.05, 4.69) is 21.1 Å². The van der Waals surface area contributed by atoms with E-state index < -0.39 is 11.6 Å². The summed E-state index contributed by atoms with van der Waals surface area (Å²) in [6.45, 7) is 1.72. The second-order valence-electron chi connectivity index (χ2n) is 4.26. The van der Waals surface area contributed by atoms with Crippen LogP contribution >= 0.6 is 15.9 Å². The summed E-state index contributed by atoms with van der Waals surface area (Å²) in [6, 6.07) is 6.98.